The Morgan fingerprint density at radius 1 is 1.11 bits per heavy atom. The molecule has 0 spiro atoms. The SMILES string of the molecule is COc1cccc2c1OC(c1cccc(Cl)c1)N1NC(c3ccco3)=CC21. The van der Waals surface area contributed by atoms with Crippen molar-refractivity contribution in [3.63, 3.8) is 0 Å². The number of benzene rings is 2. The quantitative estimate of drug-likeness (QED) is 0.697. The molecule has 0 saturated heterocycles. The molecule has 0 radical (unpaired) electrons. The van der Waals surface area contributed by atoms with Gasteiger partial charge in [0.05, 0.1) is 25.1 Å². The Balaban J connectivity index is 1.64. The highest BCUT2D eigenvalue weighted by Gasteiger charge is 2.41. The molecule has 1 aromatic heterocycles. The zero-order valence-corrected chi connectivity index (χ0v) is 15.3. The number of rotatable bonds is 3. The molecule has 136 valence electrons. The fourth-order valence-corrected chi connectivity index (χ4v) is 3.81. The molecule has 2 aliphatic heterocycles. The third-order valence-corrected chi connectivity index (χ3v) is 5.06. The summed E-state index contributed by atoms with van der Waals surface area (Å²) in [4.78, 5) is 0. The smallest absolute Gasteiger partial charge is 0.196 e. The predicted octanol–water partition coefficient (Wildman–Crippen LogP) is 4.94. The van der Waals surface area contributed by atoms with E-state index >= 15 is 0 Å². The summed E-state index contributed by atoms with van der Waals surface area (Å²) in [5, 5.41) is 2.72. The lowest BCUT2D eigenvalue weighted by Crippen LogP contribution is -2.43. The molecule has 1 N–H and O–H groups in total. The van der Waals surface area contributed by atoms with Crippen molar-refractivity contribution in [1.82, 2.24) is 10.4 Å². The highest BCUT2D eigenvalue weighted by Crippen LogP contribution is 2.49. The number of methoxy groups -OCH3 is 1. The fourth-order valence-electron chi connectivity index (χ4n) is 3.61. The summed E-state index contributed by atoms with van der Waals surface area (Å²) in [6.45, 7) is 0. The van der Waals surface area contributed by atoms with Crippen molar-refractivity contribution in [3.05, 3.63) is 88.8 Å². The first kappa shape index (κ1) is 16.3. The molecule has 2 aromatic carbocycles. The summed E-state index contributed by atoms with van der Waals surface area (Å²) >= 11 is 6.23. The van der Waals surface area contributed by atoms with Crippen LogP contribution in [0.4, 0.5) is 0 Å². The van der Waals surface area contributed by atoms with Crippen molar-refractivity contribution < 1.29 is 13.9 Å². The Hall–Kier alpha value is -2.89. The first-order valence-corrected chi connectivity index (χ1v) is 9.02. The Morgan fingerprint density at radius 2 is 2.00 bits per heavy atom. The molecule has 5 nitrogen and oxygen atoms in total. The lowest BCUT2D eigenvalue weighted by molar-refractivity contribution is -0.0344. The predicted molar refractivity (Wildman–Crippen MR) is 102 cm³/mol. The van der Waals surface area contributed by atoms with Crippen molar-refractivity contribution in [3.8, 4) is 11.5 Å². The van der Waals surface area contributed by atoms with Crippen LogP contribution in [0.2, 0.25) is 5.02 Å². The summed E-state index contributed by atoms with van der Waals surface area (Å²) in [6.07, 6.45) is 3.43. The first-order chi connectivity index (χ1) is 13.2. The van der Waals surface area contributed by atoms with Crippen LogP contribution in [0.15, 0.2) is 71.4 Å². The minimum absolute atomic E-state index is 0.0343. The van der Waals surface area contributed by atoms with Gasteiger partial charge in [-0.1, -0.05) is 35.9 Å². The molecule has 5 rings (SSSR count). The van der Waals surface area contributed by atoms with Gasteiger partial charge in [0, 0.05) is 16.1 Å². The minimum atomic E-state index is -0.374. The lowest BCUT2D eigenvalue weighted by Gasteiger charge is -2.39. The van der Waals surface area contributed by atoms with Crippen LogP contribution in [-0.4, -0.2) is 12.1 Å². The number of hydrazine groups is 1. The van der Waals surface area contributed by atoms with Gasteiger partial charge in [0.15, 0.2) is 23.5 Å². The van der Waals surface area contributed by atoms with Crippen molar-refractivity contribution in [2.45, 2.75) is 12.3 Å². The molecule has 0 saturated carbocycles. The third-order valence-electron chi connectivity index (χ3n) is 4.82. The van der Waals surface area contributed by atoms with E-state index < -0.39 is 0 Å². The number of fused-ring (bicyclic) bond motifs is 3. The number of hydrogen-bond acceptors (Lipinski definition) is 5. The fraction of sp³-hybridized carbons (Fsp3) is 0.143. The Morgan fingerprint density at radius 3 is 2.78 bits per heavy atom. The summed E-state index contributed by atoms with van der Waals surface area (Å²) in [6, 6.07) is 17.4. The lowest BCUT2D eigenvalue weighted by atomic mass is 10.0. The number of para-hydroxylation sites is 1. The van der Waals surface area contributed by atoms with E-state index in [9.17, 15) is 0 Å². The van der Waals surface area contributed by atoms with Crippen LogP contribution < -0.4 is 14.9 Å². The van der Waals surface area contributed by atoms with E-state index in [1.165, 1.54) is 0 Å². The summed E-state index contributed by atoms with van der Waals surface area (Å²) in [5.74, 6) is 2.22. The van der Waals surface area contributed by atoms with Crippen molar-refractivity contribution in [2.75, 3.05) is 7.11 Å². The van der Waals surface area contributed by atoms with Gasteiger partial charge in [-0.15, -0.1) is 0 Å². The van der Waals surface area contributed by atoms with E-state index in [2.05, 4.69) is 16.5 Å². The molecule has 0 bridgehead atoms. The summed E-state index contributed by atoms with van der Waals surface area (Å²) < 4.78 is 17.5. The molecule has 0 aliphatic carbocycles. The zero-order chi connectivity index (χ0) is 18.4. The standard InChI is InChI=1S/C21H17ClN2O3/c1-25-19-8-3-7-15-17-12-16(18-9-4-10-26-18)23-24(17)21(27-20(15)19)13-5-2-6-14(22)11-13/h2-12,17,21,23H,1H3. The van der Waals surface area contributed by atoms with Crippen LogP contribution in [0.3, 0.4) is 0 Å². The van der Waals surface area contributed by atoms with Crippen LogP contribution in [-0.2, 0) is 0 Å². The van der Waals surface area contributed by atoms with Gasteiger partial charge in [0.2, 0.25) is 0 Å². The van der Waals surface area contributed by atoms with Crippen molar-refractivity contribution >= 4 is 17.3 Å². The third kappa shape index (κ3) is 2.67. The van der Waals surface area contributed by atoms with Gasteiger partial charge in [-0.2, -0.15) is 5.01 Å². The maximum atomic E-state index is 6.39. The van der Waals surface area contributed by atoms with Crippen molar-refractivity contribution in [1.29, 1.82) is 0 Å². The van der Waals surface area contributed by atoms with Gasteiger partial charge in [0.25, 0.3) is 0 Å². The Labute approximate surface area is 161 Å². The van der Waals surface area contributed by atoms with Crippen LogP contribution in [0.1, 0.15) is 29.2 Å². The molecule has 0 fully saturated rings. The highest BCUT2D eigenvalue weighted by atomic mass is 35.5. The number of ether oxygens (including phenoxy) is 2. The summed E-state index contributed by atoms with van der Waals surface area (Å²) in [7, 11) is 1.65. The molecule has 2 unspecified atom stereocenters. The monoisotopic (exact) mass is 380 g/mol. The molecule has 2 atom stereocenters. The second-order valence-electron chi connectivity index (χ2n) is 6.43. The Kier molecular flexibility index (Phi) is 3.85. The number of nitrogens with zero attached hydrogens (tertiary/aromatic N) is 1. The number of nitrogens with one attached hydrogen (secondary N) is 1. The normalized spacial score (nSPS) is 20.9. The Bertz CT molecular complexity index is 1020. The van der Waals surface area contributed by atoms with Crippen molar-refractivity contribution in [2.24, 2.45) is 0 Å². The molecule has 2 aliphatic rings. The second-order valence-corrected chi connectivity index (χ2v) is 6.86. The molecular formula is C21H17ClN2O3. The number of hydrogen-bond donors (Lipinski definition) is 1. The maximum absolute atomic E-state index is 6.39. The molecular weight excluding hydrogens is 364 g/mol. The number of furan rings is 1. The van der Waals surface area contributed by atoms with Crippen LogP contribution in [0, 0.1) is 0 Å². The van der Waals surface area contributed by atoms with Gasteiger partial charge in [0.1, 0.15) is 0 Å². The van der Waals surface area contributed by atoms with Gasteiger partial charge in [-0.05, 0) is 36.4 Å². The number of halogens is 1. The van der Waals surface area contributed by atoms with Crippen LogP contribution >= 0.6 is 11.6 Å². The highest BCUT2D eigenvalue weighted by molar-refractivity contribution is 6.30. The van der Waals surface area contributed by atoms with E-state index in [4.69, 9.17) is 25.5 Å². The van der Waals surface area contributed by atoms with Gasteiger partial charge in [-0.25, -0.2) is 0 Å². The van der Waals surface area contributed by atoms with Gasteiger partial charge in [-0.3, -0.25) is 0 Å². The topological polar surface area (TPSA) is 46.9 Å². The zero-order valence-electron chi connectivity index (χ0n) is 14.6. The van der Waals surface area contributed by atoms with Crippen LogP contribution in [0.25, 0.3) is 5.70 Å². The largest absolute Gasteiger partial charge is 0.493 e. The van der Waals surface area contributed by atoms with Crippen LogP contribution in [0.5, 0.6) is 11.5 Å². The molecule has 3 heterocycles. The molecule has 0 amide bonds. The second kappa shape index (κ2) is 6.37. The minimum Gasteiger partial charge on any atom is -0.493 e. The first-order valence-electron chi connectivity index (χ1n) is 8.64. The average Bonchev–Trinajstić information content (AvgIpc) is 3.36. The summed E-state index contributed by atoms with van der Waals surface area (Å²) in [5.41, 5.74) is 6.31. The molecule has 6 heteroatoms. The van der Waals surface area contributed by atoms with E-state index in [-0.39, 0.29) is 12.3 Å². The van der Waals surface area contributed by atoms with Gasteiger partial charge < -0.3 is 19.3 Å². The van der Waals surface area contributed by atoms with E-state index in [0.717, 1.165) is 28.3 Å². The average molecular weight is 381 g/mol. The van der Waals surface area contributed by atoms with E-state index in [1.807, 2.05) is 54.6 Å². The van der Waals surface area contributed by atoms with E-state index in [0.29, 0.717) is 10.8 Å². The molecule has 3 aromatic rings. The molecule has 27 heavy (non-hydrogen) atoms. The maximum Gasteiger partial charge on any atom is 0.196 e. The van der Waals surface area contributed by atoms with Gasteiger partial charge >= 0.3 is 0 Å². The van der Waals surface area contributed by atoms with E-state index in [1.54, 1.807) is 13.4 Å².